The van der Waals surface area contributed by atoms with Crippen LogP contribution in [-0.4, -0.2) is 42.8 Å². The SMILES string of the molecule is CC(C)C(N)CCN(C)CCO. The summed E-state index contributed by atoms with van der Waals surface area (Å²) in [5, 5.41) is 8.64. The maximum atomic E-state index is 8.64. The number of hydrogen-bond donors (Lipinski definition) is 2. The van der Waals surface area contributed by atoms with E-state index in [0.29, 0.717) is 5.92 Å². The van der Waals surface area contributed by atoms with E-state index >= 15 is 0 Å². The fraction of sp³-hybridized carbons (Fsp3) is 1.00. The zero-order valence-electron chi connectivity index (χ0n) is 8.45. The zero-order valence-corrected chi connectivity index (χ0v) is 8.45. The van der Waals surface area contributed by atoms with E-state index in [-0.39, 0.29) is 12.6 Å². The maximum Gasteiger partial charge on any atom is 0.0558 e. The monoisotopic (exact) mass is 174 g/mol. The third-order valence-corrected chi connectivity index (χ3v) is 2.18. The average Bonchev–Trinajstić information content (AvgIpc) is 2.00. The third kappa shape index (κ3) is 5.52. The predicted molar refractivity (Wildman–Crippen MR) is 52.0 cm³/mol. The van der Waals surface area contributed by atoms with Gasteiger partial charge in [0, 0.05) is 12.6 Å². The fourth-order valence-electron chi connectivity index (χ4n) is 0.985. The highest BCUT2D eigenvalue weighted by Crippen LogP contribution is 2.02. The molecule has 0 rings (SSSR count). The van der Waals surface area contributed by atoms with Gasteiger partial charge in [0.15, 0.2) is 0 Å². The molecule has 74 valence electrons. The van der Waals surface area contributed by atoms with Crippen molar-refractivity contribution >= 4 is 0 Å². The lowest BCUT2D eigenvalue weighted by atomic mass is 10.0. The van der Waals surface area contributed by atoms with E-state index in [4.69, 9.17) is 10.8 Å². The topological polar surface area (TPSA) is 49.5 Å². The van der Waals surface area contributed by atoms with Crippen molar-refractivity contribution in [3.05, 3.63) is 0 Å². The van der Waals surface area contributed by atoms with Gasteiger partial charge < -0.3 is 15.7 Å². The van der Waals surface area contributed by atoms with E-state index in [2.05, 4.69) is 18.7 Å². The summed E-state index contributed by atoms with van der Waals surface area (Å²) in [7, 11) is 2.00. The van der Waals surface area contributed by atoms with Gasteiger partial charge in [0.1, 0.15) is 0 Å². The van der Waals surface area contributed by atoms with Gasteiger partial charge in [-0.3, -0.25) is 0 Å². The minimum absolute atomic E-state index is 0.230. The lowest BCUT2D eigenvalue weighted by molar-refractivity contribution is 0.214. The van der Waals surface area contributed by atoms with E-state index in [1.807, 2.05) is 7.05 Å². The van der Waals surface area contributed by atoms with Gasteiger partial charge in [-0.1, -0.05) is 13.8 Å². The Kier molecular flexibility index (Phi) is 6.34. The third-order valence-electron chi connectivity index (χ3n) is 2.18. The maximum absolute atomic E-state index is 8.64. The number of aliphatic hydroxyl groups excluding tert-OH is 1. The Morgan fingerprint density at radius 2 is 1.92 bits per heavy atom. The summed E-state index contributed by atoms with van der Waals surface area (Å²) < 4.78 is 0. The number of nitrogens with two attached hydrogens (primary N) is 1. The highest BCUT2D eigenvalue weighted by atomic mass is 16.3. The second-order valence-corrected chi connectivity index (χ2v) is 3.72. The van der Waals surface area contributed by atoms with Gasteiger partial charge in [-0.05, 0) is 25.9 Å². The molecule has 0 saturated carbocycles. The smallest absolute Gasteiger partial charge is 0.0558 e. The standard InChI is InChI=1S/C9H22N2O/c1-8(2)9(10)4-5-11(3)6-7-12/h8-9,12H,4-7,10H2,1-3H3. The molecule has 0 aliphatic heterocycles. The van der Waals surface area contributed by atoms with Crippen LogP contribution in [0.1, 0.15) is 20.3 Å². The Morgan fingerprint density at radius 3 is 2.33 bits per heavy atom. The van der Waals surface area contributed by atoms with Crippen LogP contribution >= 0.6 is 0 Å². The van der Waals surface area contributed by atoms with E-state index in [1.165, 1.54) is 0 Å². The second-order valence-electron chi connectivity index (χ2n) is 3.72. The van der Waals surface area contributed by atoms with Crippen LogP contribution in [0.25, 0.3) is 0 Å². The molecule has 1 atom stereocenters. The molecule has 3 heteroatoms. The molecule has 3 nitrogen and oxygen atoms in total. The molecule has 0 aromatic heterocycles. The van der Waals surface area contributed by atoms with Crippen molar-refractivity contribution in [2.75, 3.05) is 26.7 Å². The zero-order chi connectivity index (χ0) is 9.56. The van der Waals surface area contributed by atoms with E-state index in [1.54, 1.807) is 0 Å². The molecule has 0 aliphatic rings. The van der Waals surface area contributed by atoms with Crippen LogP contribution in [0.15, 0.2) is 0 Å². The van der Waals surface area contributed by atoms with Crippen LogP contribution in [-0.2, 0) is 0 Å². The van der Waals surface area contributed by atoms with Gasteiger partial charge in [0.25, 0.3) is 0 Å². The first-order valence-corrected chi connectivity index (χ1v) is 4.63. The molecule has 0 aliphatic carbocycles. The summed E-state index contributed by atoms with van der Waals surface area (Å²) in [6, 6.07) is 0.283. The molecule has 0 amide bonds. The molecule has 0 spiro atoms. The first-order chi connectivity index (χ1) is 5.57. The van der Waals surface area contributed by atoms with Crippen molar-refractivity contribution in [2.45, 2.75) is 26.3 Å². The molecule has 3 N–H and O–H groups in total. The minimum atomic E-state index is 0.230. The average molecular weight is 174 g/mol. The van der Waals surface area contributed by atoms with Gasteiger partial charge in [-0.2, -0.15) is 0 Å². The highest BCUT2D eigenvalue weighted by Gasteiger charge is 2.07. The van der Waals surface area contributed by atoms with Crippen LogP contribution in [0.3, 0.4) is 0 Å². The summed E-state index contributed by atoms with van der Waals surface area (Å²) in [6.07, 6.45) is 1.01. The summed E-state index contributed by atoms with van der Waals surface area (Å²) >= 11 is 0. The van der Waals surface area contributed by atoms with Gasteiger partial charge in [0.05, 0.1) is 6.61 Å². The summed E-state index contributed by atoms with van der Waals surface area (Å²) in [5.74, 6) is 0.549. The molecule has 0 aromatic rings. The van der Waals surface area contributed by atoms with E-state index in [9.17, 15) is 0 Å². The van der Waals surface area contributed by atoms with Crippen molar-refractivity contribution in [3.8, 4) is 0 Å². The van der Waals surface area contributed by atoms with Crippen molar-refractivity contribution in [1.82, 2.24) is 4.90 Å². The Hall–Kier alpha value is -0.120. The predicted octanol–water partition coefficient (Wildman–Crippen LogP) is 0.284. The molecule has 0 bridgehead atoms. The molecule has 0 radical (unpaired) electrons. The molecule has 1 unspecified atom stereocenters. The van der Waals surface area contributed by atoms with Crippen molar-refractivity contribution in [2.24, 2.45) is 11.7 Å². The van der Waals surface area contributed by atoms with Gasteiger partial charge in [0.2, 0.25) is 0 Å². The van der Waals surface area contributed by atoms with Crippen LogP contribution in [0, 0.1) is 5.92 Å². The first-order valence-electron chi connectivity index (χ1n) is 4.63. The van der Waals surface area contributed by atoms with Crippen LogP contribution < -0.4 is 5.73 Å². The largest absolute Gasteiger partial charge is 0.395 e. The van der Waals surface area contributed by atoms with Crippen molar-refractivity contribution in [3.63, 3.8) is 0 Å². The number of likely N-dealkylation sites (N-methyl/N-ethyl adjacent to an activating group) is 1. The molecule has 0 fully saturated rings. The van der Waals surface area contributed by atoms with Gasteiger partial charge in [-0.15, -0.1) is 0 Å². The minimum Gasteiger partial charge on any atom is -0.395 e. The summed E-state index contributed by atoms with van der Waals surface area (Å²) in [6.45, 7) is 6.21. The Balaban J connectivity index is 3.40. The van der Waals surface area contributed by atoms with Gasteiger partial charge >= 0.3 is 0 Å². The molecule has 0 aromatic carbocycles. The quantitative estimate of drug-likeness (QED) is 0.608. The number of nitrogens with zero attached hydrogens (tertiary/aromatic N) is 1. The van der Waals surface area contributed by atoms with Crippen LogP contribution in [0.5, 0.6) is 0 Å². The Morgan fingerprint density at radius 1 is 1.33 bits per heavy atom. The molecular formula is C9H22N2O. The molecule has 12 heavy (non-hydrogen) atoms. The van der Waals surface area contributed by atoms with Crippen molar-refractivity contribution < 1.29 is 5.11 Å². The lowest BCUT2D eigenvalue weighted by Gasteiger charge is -2.20. The van der Waals surface area contributed by atoms with E-state index in [0.717, 1.165) is 19.5 Å². The summed E-state index contributed by atoms with van der Waals surface area (Å²) in [4.78, 5) is 2.10. The van der Waals surface area contributed by atoms with Gasteiger partial charge in [-0.25, -0.2) is 0 Å². The Labute approximate surface area is 75.6 Å². The second kappa shape index (κ2) is 6.40. The first kappa shape index (κ1) is 11.9. The normalized spacial score (nSPS) is 14.2. The highest BCUT2D eigenvalue weighted by molar-refractivity contribution is 4.66. The number of aliphatic hydroxyl groups is 1. The van der Waals surface area contributed by atoms with E-state index < -0.39 is 0 Å². The van der Waals surface area contributed by atoms with Crippen LogP contribution in [0.4, 0.5) is 0 Å². The van der Waals surface area contributed by atoms with Crippen LogP contribution in [0.2, 0.25) is 0 Å². The molecule has 0 saturated heterocycles. The molecular weight excluding hydrogens is 152 g/mol. The number of rotatable bonds is 6. The molecule has 0 heterocycles. The van der Waals surface area contributed by atoms with Crippen molar-refractivity contribution in [1.29, 1.82) is 0 Å². The summed E-state index contributed by atoms with van der Waals surface area (Å²) in [5.41, 5.74) is 5.87. The Bertz CT molecular complexity index is 107. The lowest BCUT2D eigenvalue weighted by Crippen LogP contribution is -2.32. The number of hydrogen-bond acceptors (Lipinski definition) is 3. The fourth-order valence-corrected chi connectivity index (χ4v) is 0.985.